The van der Waals surface area contributed by atoms with Crippen LogP contribution in [0.4, 0.5) is 0 Å². The largest absolute Gasteiger partial charge is 0.465 e. The molecule has 76 valence electrons. The fraction of sp³-hybridized carbons (Fsp3) is 0.900. The lowest BCUT2D eigenvalue weighted by molar-refractivity contribution is -0.142. The summed E-state index contributed by atoms with van der Waals surface area (Å²) in [5.74, 6) is 0.759. The monoisotopic (exact) mass is 185 g/mol. The van der Waals surface area contributed by atoms with E-state index in [0.717, 1.165) is 5.92 Å². The van der Waals surface area contributed by atoms with Crippen molar-refractivity contribution in [1.29, 1.82) is 0 Å². The highest BCUT2D eigenvalue weighted by atomic mass is 16.5. The Morgan fingerprint density at radius 2 is 2.31 bits per heavy atom. The zero-order chi connectivity index (χ0) is 9.68. The van der Waals surface area contributed by atoms with Crippen LogP contribution in [0.1, 0.15) is 33.1 Å². The van der Waals surface area contributed by atoms with Crippen molar-refractivity contribution in [3.63, 3.8) is 0 Å². The van der Waals surface area contributed by atoms with Crippen LogP contribution >= 0.6 is 0 Å². The Hall–Kier alpha value is -0.570. The molecule has 1 atom stereocenters. The molecule has 1 fully saturated rings. The molecule has 3 heteroatoms. The van der Waals surface area contributed by atoms with Gasteiger partial charge in [-0.1, -0.05) is 12.8 Å². The van der Waals surface area contributed by atoms with Crippen LogP contribution in [0.3, 0.4) is 0 Å². The Kier molecular flexibility index (Phi) is 4.22. The topological polar surface area (TPSA) is 38.3 Å². The average Bonchev–Trinajstić information content (AvgIpc) is 2.85. The summed E-state index contributed by atoms with van der Waals surface area (Å²) >= 11 is 0. The summed E-state index contributed by atoms with van der Waals surface area (Å²) in [6.45, 7) is 4.77. The Morgan fingerprint density at radius 1 is 1.62 bits per heavy atom. The van der Waals surface area contributed by atoms with E-state index in [0.29, 0.717) is 19.2 Å². The van der Waals surface area contributed by atoms with Crippen molar-refractivity contribution in [3.05, 3.63) is 0 Å². The summed E-state index contributed by atoms with van der Waals surface area (Å²) in [4.78, 5) is 11.0. The van der Waals surface area contributed by atoms with Gasteiger partial charge in [0.05, 0.1) is 13.2 Å². The quantitative estimate of drug-likeness (QED) is 0.634. The predicted molar refractivity (Wildman–Crippen MR) is 51.4 cm³/mol. The number of esters is 1. The minimum absolute atomic E-state index is 0.148. The normalized spacial score (nSPS) is 18.3. The lowest BCUT2D eigenvalue weighted by Crippen LogP contribution is -2.32. The van der Waals surface area contributed by atoms with Crippen molar-refractivity contribution in [2.45, 2.75) is 39.2 Å². The van der Waals surface area contributed by atoms with Gasteiger partial charge in [-0.05, 0) is 26.2 Å². The van der Waals surface area contributed by atoms with E-state index in [1.54, 1.807) is 0 Å². The van der Waals surface area contributed by atoms with E-state index < -0.39 is 0 Å². The first-order valence-corrected chi connectivity index (χ1v) is 5.11. The summed E-state index contributed by atoms with van der Waals surface area (Å²) in [5.41, 5.74) is 0. The second kappa shape index (κ2) is 5.22. The van der Waals surface area contributed by atoms with Gasteiger partial charge in [0.25, 0.3) is 0 Å². The van der Waals surface area contributed by atoms with E-state index in [4.69, 9.17) is 4.74 Å². The third-order valence-electron chi connectivity index (χ3n) is 2.28. The number of hydrogen-bond donors (Lipinski definition) is 1. The molecule has 1 rings (SSSR count). The Morgan fingerprint density at radius 3 is 2.85 bits per heavy atom. The molecule has 1 aliphatic rings. The van der Waals surface area contributed by atoms with E-state index in [1.165, 1.54) is 19.3 Å². The van der Waals surface area contributed by atoms with E-state index in [2.05, 4.69) is 12.2 Å². The highest BCUT2D eigenvalue weighted by Crippen LogP contribution is 2.33. The number of nitrogens with one attached hydrogen (secondary N) is 1. The van der Waals surface area contributed by atoms with Gasteiger partial charge in [-0.15, -0.1) is 0 Å². The first kappa shape index (κ1) is 10.5. The number of carbonyl (C=O) groups excluding carboxylic acids is 1. The maximum atomic E-state index is 11.0. The van der Waals surface area contributed by atoms with Crippen molar-refractivity contribution < 1.29 is 9.53 Å². The van der Waals surface area contributed by atoms with Crippen LogP contribution in [-0.4, -0.2) is 25.2 Å². The lowest BCUT2D eigenvalue weighted by atomic mass is 10.1. The molecule has 0 aromatic heterocycles. The molecule has 0 saturated heterocycles. The fourth-order valence-corrected chi connectivity index (χ4v) is 1.41. The van der Waals surface area contributed by atoms with Crippen molar-refractivity contribution in [2.75, 3.05) is 13.2 Å². The van der Waals surface area contributed by atoms with Gasteiger partial charge in [0, 0.05) is 6.04 Å². The minimum Gasteiger partial charge on any atom is -0.465 e. The van der Waals surface area contributed by atoms with E-state index in [9.17, 15) is 4.79 Å². The van der Waals surface area contributed by atoms with Crippen LogP contribution < -0.4 is 5.32 Å². The Labute approximate surface area is 79.8 Å². The van der Waals surface area contributed by atoms with Crippen molar-refractivity contribution in [1.82, 2.24) is 5.32 Å². The Bertz CT molecular complexity index is 166. The van der Waals surface area contributed by atoms with Gasteiger partial charge in [0.1, 0.15) is 0 Å². The van der Waals surface area contributed by atoms with Crippen LogP contribution in [-0.2, 0) is 9.53 Å². The molecule has 0 amide bonds. The number of carbonyl (C=O) groups is 1. The van der Waals surface area contributed by atoms with Gasteiger partial charge >= 0.3 is 5.97 Å². The van der Waals surface area contributed by atoms with Gasteiger partial charge in [-0.3, -0.25) is 4.79 Å². The maximum Gasteiger partial charge on any atom is 0.319 e. The molecule has 0 radical (unpaired) electrons. The number of rotatable bonds is 6. The lowest BCUT2D eigenvalue weighted by Gasteiger charge is -2.11. The van der Waals surface area contributed by atoms with Crippen LogP contribution in [0.2, 0.25) is 0 Å². The predicted octanol–water partition coefficient (Wildman–Crippen LogP) is 1.33. The van der Waals surface area contributed by atoms with Crippen molar-refractivity contribution in [2.24, 2.45) is 5.92 Å². The van der Waals surface area contributed by atoms with E-state index in [-0.39, 0.29) is 5.97 Å². The molecule has 0 aromatic carbocycles. The van der Waals surface area contributed by atoms with Crippen LogP contribution in [0, 0.1) is 5.92 Å². The molecule has 0 heterocycles. The van der Waals surface area contributed by atoms with Crippen molar-refractivity contribution >= 4 is 5.97 Å². The van der Waals surface area contributed by atoms with E-state index in [1.807, 2.05) is 6.92 Å². The molecule has 1 aliphatic carbocycles. The van der Waals surface area contributed by atoms with E-state index >= 15 is 0 Å². The van der Waals surface area contributed by atoms with Gasteiger partial charge in [0.2, 0.25) is 0 Å². The molecular weight excluding hydrogens is 166 g/mol. The summed E-state index contributed by atoms with van der Waals surface area (Å²) in [6.07, 6.45) is 3.93. The summed E-state index contributed by atoms with van der Waals surface area (Å²) in [5, 5.41) is 3.16. The Balaban J connectivity index is 1.99. The highest BCUT2D eigenvalue weighted by Gasteiger charge is 2.23. The molecule has 0 aromatic rings. The van der Waals surface area contributed by atoms with Gasteiger partial charge < -0.3 is 10.1 Å². The first-order chi connectivity index (χ1) is 6.22. The highest BCUT2D eigenvalue weighted by molar-refractivity contribution is 5.71. The second-order valence-electron chi connectivity index (χ2n) is 3.77. The van der Waals surface area contributed by atoms with Gasteiger partial charge in [0.15, 0.2) is 0 Å². The van der Waals surface area contributed by atoms with Gasteiger partial charge in [-0.25, -0.2) is 0 Å². The molecule has 0 bridgehead atoms. The minimum atomic E-state index is -0.148. The van der Waals surface area contributed by atoms with Crippen molar-refractivity contribution in [3.8, 4) is 0 Å². The number of hydrogen-bond acceptors (Lipinski definition) is 3. The molecule has 0 spiro atoms. The summed E-state index contributed by atoms with van der Waals surface area (Å²) < 4.78 is 4.81. The zero-order valence-electron chi connectivity index (χ0n) is 8.51. The third kappa shape index (κ3) is 4.88. The standard InChI is InChI=1S/C10H19NO2/c1-3-13-10(12)7-11-8(2)6-9-4-5-9/h8-9,11H,3-7H2,1-2H3. The average molecular weight is 185 g/mol. The third-order valence-corrected chi connectivity index (χ3v) is 2.28. The molecular formula is C10H19NO2. The van der Waals surface area contributed by atoms with Crippen LogP contribution in [0.25, 0.3) is 0 Å². The molecule has 0 aliphatic heterocycles. The number of ether oxygens (including phenoxy) is 1. The molecule has 1 unspecified atom stereocenters. The molecule has 1 N–H and O–H groups in total. The summed E-state index contributed by atoms with van der Waals surface area (Å²) in [6, 6.07) is 0.442. The van der Waals surface area contributed by atoms with Crippen LogP contribution in [0.15, 0.2) is 0 Å². The molecule has 13 heavy (non-hydrogen) atoms. The zero-order valence-corrected chi connectivity index (χ0v) is 8.51. The molecule has 1 saturated carbocycles. The van der Waals surface area contributed by atoms with Crippen LogP contribution in [0.5, 0.6) is 0 Å². The summed E-state index contributed by atoms with van der Waals surface area (Å²) in [7, 11) is 0. The first-order valence-electron chi connectivity index (χ1n) is 5.11. The maximum absolute atomic E-state index is 11.0. The molecule has 3 nitrogen and oxygen atoms in total. The fourth-order valence-electron chi connectivity index (χ4n) is 1.41. The smallest absolute Gasteiger partial charge is 0.319 e. The second-order valence-corrected chi connectivity index (χ2v) is 3.77. The SMILES string of the molecule is CCOC(=O)CNC(C)CC1CC1. The van der Waals surface area contributed by atoms with Gasteiger partial charge in [-0.2, -0.15) is 0 Å².